The highest BCUT2D eigenvalue weighted by atomic mass is 16.5. The van der Waals surface area contributed by atoms with E-state index in [1.165, 1.54) is 0 Å². The van der Waals surface area contributed by atoms with Crippen LogP contribution in [0.5, 0.6) is 5.75 Å². The first-order valence-corrected chi connectivity index (χ1v) is 4.95. The molecule has 0 spiro atoms. The molecule has 0 saturated carbocycles. The minimum atomic E-state index is 0.602. The monoisotopic (exact) mass is 218 g/mol. The molecule has 0 radical (unpaired) electrons. The SMILES string of the molecule is COc1ccc(N)c(NCc2ncc[nH]2)c1. The van der Waals surface area contributed by atoms with E-state index in [-0.39, 0.29) is 0 Å². The van der Waals surface area contributed by atoms with Crippen LogP contribution < -0.4 is 15.8 Å². The van der Waals surface area contributed by atoms with Gasteiger partial charge in [0.15, 0.2) is 0 Å². The van der Waals surface area contributed by atoms with Gasteiger partial charge in [0, 0.05) is 18.5 Å². The molecule has 0 saturated heterocycles. The fourth-order valence-electron chi connectivity index (χ4n) is 1.39. The van der Waals surface area contributed by atoms with Gasteiger partial charge in [0.25, 0.3) is 0 Å². The molecule has 0 aliphatic heterocycles. The third-order valence-corrected chi connectivity index (χ3v) is 2.26. The molecule has 0 atom stereocenters. The molecule has 0 aliphatic rings. The van der Waals surface area contributed by atoms with Crippen LogP contribution in [0.3, 0.4) is 0 Å². The van der Waals surface area contributed by atoms with Crippen molar-refractivity contribution < 1.29 is 4.74 Å². The molecule has 16 heavy (non-hydrogen) atoms. The fraction of sp³-hybridized carbons (Fsp3) is 0.182. The topological polar surface area (TPSA) is 76.0 Å². The van der Waals surface area contributed by atoms with Crippen molar-refractivity contribution in [2.45, 2.75) is 6.54 Å². The Morgan fingerprint density at radius 2 is 2.38 bits per heavy atom. The Balaban J connectivity index is 2.08. The number of methoxy groups -OCH3 is 1. The summed E-state index contributed by atoms with van der Waals surface area (Å²) >= 11 is 0. The average molecular weight is 218 g/mol. The Bertz CT molecular complexity index is 453. The van der Waals surface area contributed by atoms with E-state index in [2.05, 4.69) is 15.3 Å². The van der Waals surface area contributed by atoms with Crippen LogP contribution in [0, 0.1) is 0 Å². The van der Waals surface area contributed by atoms with Gasteiger partial charge in [-0.05, 0) is 12.1 Å². The summed E-state index contributed by atoms with van der Waals surface area (Å²) in [6.45, 7) is 0.602. The van der Waals surface area contributed by atoms with Crippen LogP contribution in [0.4, 0.5) is 11.4 Å². The molecule has 84 valence electrons. The zero-order valence-corrected chi connectivity index (χ0v) is 9.03. The second-order valence-corrected chi connectivity index (χ2v) is 3.34. The molecule has 2 aromatic rings. The highest BCUT2D eigenvalue weighted by Gasteiger charge is 2.01. The predicted octanol–water partition coefficient (Wildman–Crippen LogP) is 1.61. The lowest BCUT2D eigenvalue weighted by Crippen LogP contribution is -2.04. The van der Waals surface area contributed by atoms with Crippen molar-refractivity contribution in [2.75, 3.05) is 18.2 Å². The first kappa shape index (κ1) is 10.4. The number of ether oxygens (including phenoxy) is 1. The first-order valence-electron chi connectivity index (χ1n) is 4.95. The zero-order valence-electron chi connectivity index (χ0n) is 9.03. The number of nitrogen functional groups attached to an aromatic ring is 1. The number of imidazole rings is 1. The van der Waals surface area contributed by atoms with E-state index in [4.69, 9.17) is 10.5 Å². The van der Waals surface area contributed by atoms with Gasteiger partial charge in [0.05, 0.1) is 25.0 Å². The molecule has 0 fully saturated rings. The summed E-state index contributed by atoms with van der Waals surface area (Å²) in [5.41, 5.74) is 7.37. The Morgan fingerprint density at radius 1 is 1.50 bits per heavy atom. The van der Waals surface area contributed by atoms with E-state index in [1.807, 2.05) is 18.2 Å². The highest BCUT2D eigenvalue weighted by Crippen LogP contribution is 2.24. The van der Waals surface area contributed by atoms with E-state index in [9.17, 15) is 0 Å². The van der Waals surface area contributed by atoms with Gasteiger partial charge >= 0.3 is 0 Å². The lowest BCUT2D eigenvalue weighted by atomic mass is 10.2. The number of rotatable bonds is 4. The van der Waals surface area contributed by atoms with Crippen molar-refractivity contribution in [2.24, 2.45) is 0 Å². The van der Waals surface area contributed by atoms with Gasteiger partial charge in [-0.25, -0.2) is 4.98 Å². The third-order valence-electron chi connectivity index (χ3n) is 2.26. The van der Waals surface area contributed by atoms with Gasteiger partial charge in [0.1, 0.15) is 11.6 Å². The maximum absolute atomic E-state index is 5.83. The summed E-state index contributed by atoms with van der Waals surface area (Å²) in [7, 11) is 1.63. The number of nitrogens with zero attached hydrogens (tertiary/aromatic N) is 1. The number of benzene rings is 1. The largest absolute Gasteiger partial charge is 0.497 e. The Labute approximate surface area is 93.7 Å². The van der Waals surface area contributed by atoms with Crippen LogP contribution in [0.2, 0.25) is 0 Å². The number of hydrogen-bond donors (Lipinski definition) is 3. The summed E-state index contributed by atoms with van der Waals surface area (Å²) in [6, 6.07) is 5.50. The van der Waals surface area contributed by atoms with Gasteiger partial charge < -0.3 is 20.8 Å². The van der Waals surface area contributed by atoms with Crippen molar-refractivity contribution in [3.63, 3.8) is 0 Å². The van der Waals surface area contributed by atoms with Crippen LogP contribution in [0.15, 0.2) is 30.6 Å². The van der Waals surface area contributed by atoms with Crippen LogP contribution in [-0.4, -0.2) is 17.1 Å². The minimum Gasteiger partial charge on any atom is -0.497 e. The maximum atomic E-state index is 5.83. The highest BCUT2D eigenvalue weighted by molar-refractivity contribution is 5.68. The van der Waals surface area contributed by atoms with Gasteiger partial charge in [-0.1, -0.05) is 0 Å². The van der Waals surface area contributed by atoms with Crippen LogP contribution in [0.25, 0.3) is 0 Å². The number of nitrogens with two attached hydrogens (primary N) is 1. The van der Waals surface area contributed by atoms with Crippen molar-refractivity contribution in [1.82, 2.24) is 9.97 Å². The first-order chi connectivity index (χ1) is 7.79. The number of anilines is 2. The number of hydrogen-bond acceptors (Lipinski definition) is 4. The molecule has 0 amide bonds. The second-order valence-electron chi connectivity index (χ2n) is 3.34. The van der Waals surface area contributed by atoms with Crippen LogP contribution in [0.1, 0.15) is 5.82 Å². The number of H-pyrrole nitrogens is 1. The Morgan fingerprint density at radius 3 is 3.06 bits per heavy atom. The summed E-state index contributed by atoms with van der Waals surface area (Å²) < 4.78 is 5.13. The lowest BCUT2D eigenvalue weighted by molar-refractivity contribution is 0.415. The van der Waals surface area contributed by atoms with Gasteiger partial charge in [0.2, 0.25) is 0 Å². The molecule has 4 N–H and O–H groups in total. The van der Waals surface area contributed by atoms with E-state index >= 15 is 0 Å². The summed E-state index contributed by atoms with van der Waals surface area (Å²) in [4.78, 5) is 7.12. The normalized spacial score (nSPS) is 10.1. The van der Waals surface area contributed by atoms with Crippen molar-refractivity contribution in [3.05, 3.63) is 36.4 Å². The van der Waals surface area contributed by atoms with E-state index < -0.39 is 0 Å². The van der Waals surface area contributed by atoms with E-state index in [1.54, 1.807) is 19.5 Å². The van der Waals surface area contributed by atoms with E-state index in [0.717, 1.165) is 17.3 Å². The molecule has 0 aliphatic carbocycles. The number of aromatic amines is 1. The Kier molecular flexibility index (Phi) is 2.95. The van der Waals surface area contributed by atoms with Gasteiger partial charge in [-0.3, -0.25) is 0 Å². The second kappa shape index (κ2) is 4.57. The number of aromatic nitrogens is 2. The fourth-order valence-corrected chi connectivity index (χ4v) is 1.39. The van der Waals surface area contributed by atoms with Crippen LogP contribution in [-0.2, 0) is 6.54 Å². The molecule has 5 heteroatoms. The van der Waals surface area contributed by atoms with Gasteiger partial charge in [-0.2, -0.15) is 0 Å². The van der Waals surface area contributed by atoms with Crippen molar-refractivity contribution in [3.8, 4) is 5.75 Å². The van der Waals surface area contributed by atoms with Crippen molar-refractivity contribution in [1.29, 1.82) is 0 Å². The minimum absolute atomic E-state index is 0.602. The molecule has 1 aromatic carbocycles. The van der Waals surface area contributed by atoms with Crippen LogP contribution >= 0.6 is 0 Å². The molecule has 1 aromatic heterocycles. The molecule has 0 unspecified atom stereocenters. The molecule has 2 rings (SSSR count). The maximum Gasteiger partial charge on any atom is 0.125 e. The summed E-state index contributed by atoms with van der Waals surface area (Å²) in [6.07, 6.45) is 3.50. The summed E-state index contributed by atoms with van der Waals surface area (Å²) in [5.74, 6) is 1.64. The smallest absolute Gasteiger partial charge is 0.125 e. The number of nitrogens with one attached hydrogen (secondary N) is 2. The van der Waals surface area contributed by atoms with E-state index in [0.29, 0.717) is 12.2 Å². The average Bonchev–Trinajstić information content (AvgIpc) is 2.81. The molecular weight excluding hydrogens is 204 g/mol. The standard InChI is InChI=1S/C11H14N4O/c1-16-8-2-3-9(12)10(6-8)15-7-11-13-4-5-14-11/h2-6,15H,7,12H2,1H3,(H,13,14). The van der Waals surface area contributed by atoms with Gasteiger partial charge in [-0.15, -0.1) is 0 Å². The zero-order chi connectivity index (χ0) is 11.4. The summed E-state index contributed by atoms with van der Waals surface area (Å²) in [5, 5.41) is 3.19. The molecule has 5 nitrogen and oxygen atoms in total. The predicted molar refractivity (Wildman–Crippen MR) is 63.3 cm³/mol. The van der Waals surface area contributed by atoms with Crippen molar-refractivity contribution >= 4 is 11.4 Å². The Hall–Kier alpha value is -2.17. The quantitative estimate of drug-likeness (QED) is 0.681. The molecule has 0 bridgehead atoms. The lowest BCUT2D eigenvalue weighted by Gasteiger charge is -2.09. The molecule has 1 heterocycles. The molecular formula is C11H14N4O. The third kappa shape index (κ3) is 2.25.